The molecule has 24 heavy (non-hydrogen) atoms. The SMILES string of the molecule is O=C1CC(c2ccc(F)cc2)c2cnn(-c3cccc(F)c3)c2N1. The lowest BCUT2D eigenvalue weighted by Gasteiger charge is -2.23. The van der Waals surface area contributed by atoms with Crippen molar-refractivity contribution in [1.82, 2.24) is 9.78 Å². The predicted octanol–water partition coefficient (Wildman–Crippen LogP) is 3.62. The van der Waals surface area contributed by atoms with Crippen LogP contribution < -0.4 is 5.32 Å². The Kier molecular flexibility index (Phi) is 3.37. The van der Waals surface area contributed by atoms with E-state index in [1.54, 1.807) is 30.5 Å². The molecule has 1 N–H and O–H groups in total. The third kappa shape index (κ3) is 2.46. The highest BCUT2D eigenvalue weighted by molar-refractivity contribution is 5.94. The third-order valence-electron chi connectivity index (χ3n) is 4.15. The second-order valence-corrected chi connectivity index (χ2v) is 5.70. The Balaban J connectivity index is 1.81. The Morgan fingerprint density at radius 2 is 1.88 bits per heavy atom. The van der Waals surface area contributed by atoms with Gasteiger partial charge in [0.05, 0.1) is 11.9 Å². The summed E-state index contributed by atoms with van der Waals surface area (Å²) in [5.74, 6) is -0.554. The van der Waals surface area contributed by atoms with Gasteiger partial charge in [0, 0.05) is 17.9 Å². The molecule has 0 aliphatic carbocycles. The van der Waals surface area contributed by atoms with Gasteiger partial charge < -0.3 is 5.32 Å². The van der Waals surface area contributed by atoms with Crippen LogP contribution in [-0.2, 0) is 4.79 Å². The molecular weight excluding hydrogens is 312 g/mol. The molecule has 1 unspecified atom stereocenters. The van der Waals surface area contributed by atoms with E-state index in [2.05, 4.69) is 10.4 Å². The normalized spacial score (nSPS) is 16.6. The average molecular weight is 325 g/mol. The number of halogens is 2. The lowest BCUT2D eigenvalue weighted by molar-refractivity contribution is -0.116. The van der Waals surface area contributed by atoms with E-state index in [9.17, 15) is 13.6 Å². The summed E-state index contributed by atoms with van der Waals surface area (Å²) in [5, 5.41) is 7.10. The number of anilines is 1. The van der Waals surface area contributed by atoms with Crippen molar-refractivity contribution in [3.8, 4) is 5.69 Å². The highest BCUT2D eigenvalue weighted by atomic mass is 19.1. The van der Waals surface area contributed by atoms with Crippen molar-refractivity contribution in [2.45, 2.75) is 12.3 Å². The van der Waals surface area contributed by atoms with Crippen LogP contribution in [0.25, 0.3) is 5.69 Å². The zero-order valence-electron chi connectivity index (χ0n) is 12.5. The van der Waals surface area contributed by atoms with Crippen LogP contribution in [0.5, 0.6) is 0 Å². The molecular formula is C18H13F2N3O. The van der Waals surface area contributed by atoms with Crippen molar-refractivity contribution in [1.29, 1.82) is 0 Å². The van der Waals surface area contributed by atoms with Gasteiger partial charge in [-0.05, 0) is 35.9 Å². The van der Waals surface area contributed by atoms with Crippen molar-refractivity contribution in [2.24, 2.45) is 0 Å². The molecule has 1 aliphatic rings. The topological polar surface area (TPSA) is 46.9 Å². The third-order valence-corrected chi connectivity index (χ3v) is 4.15. The van der Waals surface area contributed by atoms with Crippen LogP contribution in [0.1, 0.15) is 23.5 Å². The maximum absolute atomic E-state index is 13.5. The number of carbonyl (C=O) groups is 1. The molecule has 120 valence electrons. The standard InChI is InChI=1S/C18H13F2N3O/c19-12-6-4-11(5-7-12)15-9-17(24)22-18-16(15)10-21-23(18)14-3-1-2-13(20)8-14/h1-8,10,15H,9H2,(H,22,24). The summed E-state index contributed by atoms with van der Waals surface area (Å²) in [4.78, 5) is 12.1. The zero-order chi connectivity index (χ0) is 16.7. The van der Waals surface area contributed by atoms with Crippen LogP contribution >= 0.6 is 0 Å². The molecule has 1 aliphatic heterocycles. The van der Waals surface area contributed by atoms with E-state index < -0.39 is 0 Å². The quantitative estimate of drug-likeness (QED) is 0.782. The molecule has 4 rings (SSSR count). The molecule has 2 aromatic carbocycles. The molecule has 0 saturated heterocycles. The van der Waals surface area contributed by atoms with Gasteiger partial charge in [-0.15, -0.1) is 0 Å². The molecule has 0 saturated carbocycles. The molecule has 6 heteroatoms. The highest BCUT2D eigenvalue weighted by Gasteiger charge is 2.30. The van der Waals surface area contributed by atoms with Crippen LogP contribution in [-0.4, -0.2) is 15.7 Å². The van der Waals surface area contributed by atoms with Gasteiger partial charge in [-0.1, -0.05) is 18.2 Å². The van der Waals surface area contributed by atoms with E-state index in [-0.39, 0.29) is 29.9 Å². The van der Waals surface area contributed by atoms with Gasteiger partial charge >= 0.3 is 0 Å². The molecule has 0 bridgehead atoms. The summed E-state index contributed by atoms with van der Waals surface area (Å²) in [6, 6.07) is 12.1. The fourth-order valence-electron chi connectivity index (χ4n) is 3.02. The molecule has 0 radical (unpaired) electrons. The van der Waals surface area contributed by atoms with Gasteiger partial charge in [0.15, 0.2) is 0 Å². The fourth-order valence-corrected chi connectivity index (χ4v) is 3.02. The van der Waals surface area contributed by atoms with E-state index in [0.717, 1.165) is 11.1 Å². The number of nitrogens with zero attached hydrogens (tertiary/aromatic N) is 2. The number of amides is 1. The number of carbonyl (C=O) groups excluding carboxylic acids is 1. The maximum Gasteiger partial charge on any atom is 0.226 e. The molecule has 3 aromatic rings. The number of nitrogens with one attached hydrogen (secondary N) is 1. The first kappa shape index (κ1) is 14.6. The highest BCUT2D eigenvalue weighted by Crippen LogP contribution is 2.38. The van der Waals surface area contributed by atoms with Gasteiger partial charge in [-0.25, -0.2) is 13.5 Å². The van der Waals surface area contributed by atoms with Crippen LogP contribution in [0.2, 0.25) is 0 Å². The summed E-state index contributed by atoms with van der Waals surface area (Å²) in [7, 11) is 0. The van der Waals surface area contributed by atoms with Crippen molar-refractivity contribution in [2.75, 3.05) is 5.32 Å². The van der Waals surface area contributed by atoms with Gasteiger partial charge in [0.2, 0.25) is 5.91 Å². The molecule has 0 fully saturated rings. The first-order valence-electron chi connectivity index (χ1n) is 7.51. The molecule has 4 nitrogen and oxygen atoms in total. The minimum absolute atomic E-state index is 0.157. The van der Waals surface area contributed by atoms with E-state index in [0.29, 0.717) is 11.5 Å². The second kappa shape index (κ2) is 5.56. The van der Waals surface area contributed by atoms with Crippen LogP contribution in [0.3, 0.4) is 0 Å². The second-order valence-electron chi connectivity index (χ2n) is 5.70. The fraction of sp³-hybridized carbons (Fsp3) is 0.111. The minimum Gasteiger partial charge on any atom is -0.310 e. The van der Waals surface area contributed by atoms with Crippen molar-refractivity contribution in [3.63, 3.8) is 0 Å². The van der Waals surface area contributed by atoms with Crippen LogP contribution in [0, 0.1) is 11.6 Å². The Hall–Kier alpha value is -3.02. The maximum atomic E-state index is 13.5. The lowest BCUT2D eigenvalue weighted by atomic mass is 9.87. The summed E-state index contributed by atoms with van der Waals surface area (Å²) in [6.07, 6.45) is 1.92. The zero-order valence-corrected chi connectivity index (χ0v) is 12.5. The van der Waals surface area contributed by atoms with E-state index in [1.165, 1.54) is 28.9 Å². The number of aromatic nitrogens is 2. The average Bonchev–Trinajstić information content (AvgIpc) is 2.98. The Bertz CT molecular complexity index is 918. The monoisotopic (exact) mass is 325 g/mol. The summed E-state index contributed by atoms with van der Waals surface area (Å²) in [6.45, 7) is 0. The first-order chi connectivity index (χ1) is 11.6. The van der Waals surface area contributed by atoms with E-state index in [1.807, 2.05) is 0 Å². The largest absolute Gasteiger partial charge is 0.310 e. The van der Waals surface area contributed by atoms with Gasteiger partial charge in [-0.3, -0.25) is 4.79 Å². The van der Waals surface area contributed by atoms with Crippen LogP contribution in [0.4, 0.5) is 14.6 Å². The summed E-state index contributed by atoms with van der Waals surface area (Å²) >= 11 is 0. The first-order valence-corrected chi connectivity index (χ1v) is 7.51. The lowest BCUT2D eigenvalue weighted by Crippen LogP contribution is -2.24. The molecule has 0 spiro atoms. The van der Waals surface area contributed by atoms with Crippen LogP contribution in [0.15, 0.2) is 54.7 Å². The predicted molar refractivity (Wildman–Crippen MR) is 85.0 cm³/mol. The van der Waals surface area contributed by atoms with E-state index >= 15 is 0 Å². The summed E-state index contributed by atoms with van der Waals surface area (Å²) in [5.41, 5.74) is 2.19. The Morgan fingerprint density at radius 3 is 2.62 bits per heavy atom. The molecule has 1 aromatic heterocycles. The number of benzene rings is 2. The molecule has 2 heterocycles. The van der Waals surface area contributed by atoms with Crippen molar-refractivity contribution >= 4 is 11.7 Å². The number of fused-ring (bicyclic) bond motifs is 1. The van der Waals surface area contributed by atoms with Gasteiger partial charge in [-0.2, -0.15) is 5.10 Å². The van der Waals surface area contributed by atoms with Crippen molar-refractivity contribution < 1.29 is 13.6 Å². The molecule has 1 amide bonds. The number of hydrogen-bond acceptors (Lipinski definition) is 2. The smallest absolute Gasteiger partial charge is 0.226 e. The number of hydrogen-bond donors (Lipinski definition) is 1. The number of rotatable bonds is 2. The Labute approximate surface area is 136 Å². The molecule has 1 atom stereocenters. The Morgan fingerprint density at radius 1 is 1.08 bits per heavy atom. The van der Waals surface area contributed by atoms with Crippen molar-refractivity contribution in [3.05, 3.63) is 77.5 Å². The minimum atomic E-state index is -0.381. The van der Waals surface area contributed by atoms with Gasteiger partial charge in [0.25, 0.3) is 0 Å². The van der Waals surface area contributed by atoms with E-state index in [4.69, 9.17) is 0 Å². The van der Waals surface area contributed by atoms with Gasteiger partial charge in [0.1, 0.15) is 17.5 Å². The summed E-state index contributed by atoms with van der Waals surface area (Å²) < 4.78 is 28.1.